The molecule has 4 N–H and O–H groups in total. The molecule has 10 nitrogen and oxygen atoms in total. The molecule has 0 saturated carbocycles. The predicted octanol–water partition coefficient (Wildman–Crippen LogP) is 13.6. The summed E-state index contributed by atoms with van der Waals surface area (Å²) in [5, 5.41) is 40.2. The Morgan fingerprint density at radius 1 is 0.463 bits per heavy atom. The van der Waals surface area contributed by atoms with Crippen LogP contribution in [0.15, 0.2) is 48.6 Å². The molecule has 1 rings (SSSR count). The second kappa shape index (κ2) is 47.3. The Labute approximate surface area is 409 Å². The van der Waals surface area contributed by atoms with Crippen LogP contribution in [-0.4, -0.2) is 89.0 Å². The van der Waals surface area contributed by atoms with Crippen molar-refractivity contribution >= 4 is 11.9 Å². The maximum atomic E-state index is 12.8. The highest BCUT2D eigenvalue weighted by Gasteiger charge is 2.44. The molecule has 6 atom stereocenters. The molecule has 0 spiro atoms. The van der Waals surface area contributed by atoms with Crippen LogP contribution in [-0.2, 0) is 28.5 Å². The van der Waals surface area contributed by atoms with Crippen molar-refractivity contribution in [1.29, 1.82) is 0 Å². The molecule has 0 radical (unpaired) electrons. The molecule has 1 heterocycles. The van der Waals surface area contributed by atoms with Gasteiger partial charge in [0.25, 0.3) is 0 Å². The van der Waals surface area contributed by atoms with E-state index in [1.807, 2.05) is 6.08 Å². The first-order chi connectivity index (χ1) is 32.8. The number of aliphatic hydroxyl groups excluding tert-OH is 4. The first kappa shape index (κ1) is 62.7. The lowest BCUT2D eigenvalue weighted by atomic mass is 9.99. The lowest BCUT2D eigenvalue weighted by molar-refractivity contribution is -0.305. The fraction of sp³-hybridized carbons (Fsp3) is 0.825. The largest absolute Gasteiger partial charge is 0.462 e. The number of hydrogen-bond acceptors (Lipinski definition) is 10. The highest BCUT2D eigenvalue weighted by molar-refractivity contribution is 5.70. The number of esters is 2. The van der Waals surface area contributed by atoms with Crippen LogP contribution in [0.25, 0.3) is 0 Å². The van der Waals surface area contributed by atoms with Crippen molar-refractivity contribution in [3.63, 3.8) is 0 Å². The Kier molecular flexibility index (Phi) is 44.3. The van der Waals surface area contributed by atoms with Crippen molar-refractivity contribution in [3.8, 4) is 0 Å². The van der Waals surface area contributed by atoms with Crippen LogP contribution in [0.1, 0.15) is 245 Å². The molecule has 0 amide bonds. The van der Waals surface area contributed by atoms with E-state index in [0.29, 0.717) is 12.8 Å². The van der Waals surface area contributed by atoms with Crippen LogP contribution in [0.5, 0.6) is 0 Å². The maximum Gasteiger partial charge on any atom is 0.306 e. The average molecular weight is 947 g/mol. The Bertz CT molecular complexity index is 1230. The van der Waals surface area contributed by atoms with Gasteiger partial charge in [-0.05, 0) is 51.4 Å². The third kappa shape index (κ3) is 38.1. The van der Waals surface area contributed by atoms with E-state index in [4.69, 9.17) is 18.9 Å². The fourth-order valence-electron chi connectivity index (χ4n) is 8.36. The predicted molar refractivity (Wildman–Crippen MR) is 275 cm³/mol. The minimum atomic E-state index is -1.61. The summed E-state index contributed by atoms with van der Waals surface area (Å²) >= 11 is 0. The van der Waals surface area contributed by atoms with Gasteiger partial charge < -0.3 is 39.4 Å². The standard InChI is InChI=1S/C57H102O10/c1-3-5-7-9-11-13-15-17-19-21-23-25-27-29-31-33-35-37-39-41-43-45-52(59)64-48-50(49-65-57-56(63)55(62)54(61)51(47-58)67-57)66-53(60)46-44-42-40-38-36-34-32-30-28-26-24-22-20-18-16-14-12-10-8-6-4-2/h20,22,26,28,32,34,38,40,50-51,54-58,61-63H,3-19,21,23-25,27,29-31,33,35-37,39,41-49H2,1-2H3/b22-20+,28-26+,34-32+,40-38+/t50-,51-,54+,55?,56?,57-/m0/s1. The molecule has 1 saturated heterocycles. The number of unbranched alkanes of at least 4 members (excludes halogenated alkanes) is 28. The van der Waals surface area contributed by atoms with Gasteiger partial charge in [-0.3, -0.25) is 9.59 Å². The third-order valence-corrected chi connectivity index (χ3v) is 12.7. The number of rotatable bonds is 47. The van der Waals surface area contributed by atoms with E-state index in [1.165, 1.54) is 167 Å². The Hall–Kier alpha value is -2.34. The van der Waals surface area contributed by atoms with Gasteiger partial charge in [-0.2, -0.15) is 0 Å². The van der Waals surface area contributed by atoms with E-state index in [2.05, 4.69) is 56.4 Å². The monoisotopic (exact) mass is 947 g/mol. The van der Waals surface area contributed by atoms with Crippen LogP contribution < -0.4 is 0 Å². The SMILES string of the molecule is CCCCCCCCC/C=C/C/C=C/C/C=C/C/C=C/CCCC(=O)O[C@@H](COC(=O)CCCCCCCCCCCCCCCCCCCCCCC)CO[C@H]1O[C@@H](CO)[C@@H](O)C(O)C1O. The van der Waals surface area contributed by atoms with Crippen LogP contribution in [0, 0.1) is 0 Å². The van der Waals surface area contributed by atoms with Gasteiger partial charge in [-0.1, -0.05) is 229 Å². The Morgan fingerprint density at radius 3 is 1.30 bits per heavy atom. The molecule has 0 aromatic carbocycles. The zero-order valence-electron chi connectivity index (χ0n) is 42.9. The lowest BCUT2D eigenvalue weighted by Crippen LogP contribution is -2.59. The van der Waals surface area contributed by atoms with Crippen molar-refractivity contribution in [2.45, 2.75) is 282 Å². The highest BCUT2D eigenvalue weighted by atomic mass is 16.7. The zero-order chi connectivity index (χ0) is 48.7. The van der Waals surface area contributed by atoms with Gasteiger partial charge in [0, 0.05) is 12.8 Å². The zero-order valence-corrected chi connectivity index (χ0v) is 42.9. The molecule has 1 aliphatic heterocycles. The smallest absolute Gasteiger partial charge is 0.306 e. The maximum absolute atomic E-state index is 12.8. The van der Waals surface area contributed by atoms with E-state index in [-0.39, 0.29) is 32.0 Å². The van der Waals surface area contributed by atoms with Crippen LogP contribution in [0.2, 0.25) is 0 Å². The van der Waals surface area contributed by atoms with Gasteiger partial charge in [0.1, 0.15) is 31.0 Å². The minimum Gasteiger partial charge on any atom is -0.462 e. The summed E-state index contributed by atoms with van der Waals surface area (Å²) in [7, 11) is 0. The molecule has 10 heteroatoms. The van der Waals surface area contributed by atoms with Crippen LogP contribution in [0.4, 0.5) is 0 Å². The first-order valence-corrected chi connectivity index (χ1v) is 27.7. The number of hydrogen-bond donors (Lipinski definition) is 4. The summed E-state index contributed by atoms with van der Waals surface area (Å²) in [5.74, 6) is -0.862. The van der Waals surface area contributed by atoms with Crippen LogP contribution in [0.3, 0.4) is 0 Å². The number of ether oxygens (including phenoxy) is 4. The molecule has 390 valence electrons. The number of aliphatic hydroxyl groups is 4. The molecular formula is C57H102O10. The van der Waals surface area contributed by atoms with Gasteiger partial charge in [0.05, 0.1) is 13.2 Å². The molecule has 67 heavy (non-hydrogen) atoms. The van der Waals surface area contributed by atoms with Crippen molar-refractivity contribution in [3.05, 3.63) is 48.6 Å². The third-order valence-electron chi connectivity index (χ3n) is 12.7. The van der Waals surface area contributed by atoms with E-state index in [1.54, 1.807) is 0 Å². The van der Waals surface area contributed by atoms with Crippen molar-refractivity contribution < 1.29 is 49.0 Å². The summed E-state index contributed by atoms with van der Waals surface area (Å²) in [4.78, 5) is 25.5. The topological polar surface area (TPSA) is 152 Å². The minimum absolute atomic E-state index is 0.155. The second-order valence-electron chi connectivity index (χ2n) is 19.0. The molecule has 0 aliphatic carbocycles. The van der Waals surface area contributed by atoms with Crippen LogP contribution >= 0.6 is 0 Å². The normalized spacial score (nSPS) is 19.4. The van der Waals surface area contributed by atoms with E-state index in [9.17, 15) is 30.0 Å². The summed E-state index contributed by atoms with van der Waals surface area (Å²) in [5.41, 5.74) is 0. The van der Waals surface area contributed by atoms with Gasteiger partial charge in [-0.15, -0.1) is 0 Å². The average Bonchev–Trinajstić information content (AvgIpc) is 3.33. The number of carbonyl (C=O) groups excluding carboxylic acids is 2. The Balaban J connectivity index is 2.27. The molecule has 1 fully saturated rings. The summed E-state index contributed by atoms with van der Waals surface area (Å²) in [6, 6.07) is 0. The van der Waals surface area contributed by atoms with Crippen molar-refractivity contribution in [1.82, 2.24) is 0 Å². The van der Waals surface area contributed by atoms with Gasteiger partial charge in [-0.25, -0.2) is 0 Å². The highest BCUT2D eigenvalue weighted by Crippen LogP contribution is 2.23. The first-order valence-electron chi connectivity index (χ1n) is 27.7. The lowest BCUT2D eigenvalue weighted by Gasteiger charge is -2.39. The van der Waals surface area contributed by atoms with Gasteiger partial charge in [0.2, 0.25) is 0 Å². The molecule has 0 aromatic heterocycles. The summed E-state index contributed by atoms with van der Waals surface area (Å²) in [6.07, 6.45) is 51.3. The van der Waals surface area contributed by atoms with Crippen molar-refractivity contribution in [2.24, 2.45) is 0 Å². The van der Waals surface area contributed by atoms with E-state index >= 15 is 0 Å². The summed E-state index contributed by atoms with van der Waals surface area (Å²) < 4.78 is 22.2. The fourth-order valence-corrected chi connectivity index (χ4v) is 8.36. The number of carbonyl (C=O) groups is 2. The molecule has 2 unspecified atom stereocenters. The van der Waals surface area contributed by atoms with Gasteiger partial charge >= 0.3 is 11.9 Å². The quantitative estimate of drug-likeness (QED) is 0.0264. The molecule has 0 aromatic rings. The van der Waals surface area contributed by atoms with E-state index in [0.717, 1.165) is 38.5 Å². The van der Waals surface area contributed by atoms with E-state index < -0.39 is 49.4 Å². The molecule has 1 aliphatic rings. The summed E-state index contributed by atoms with van der Waals surface area (Å²) in [6.45, 7) is 3.41. The molecular weight excluding hydrogens is 845 g/mol. The van der Waals surface area contributed by atoms with Gasteiger partial charge in [0.15, 0.2) is 12.4 Å². The van der Waals surface area contributed by atoms with Crippen molar-refractivity contribution in [2.75, 3.05) is 19.8 Å². The second-order valence-corrected chi connectivity index (χ2v) is 19.0. The Morgan fingerprint density at radius 2 is 0.851 bits per heavy atom. The number of allylic oxidation sites excluding steroid dienone is 8. The molecule has 0 bridgehead atoms.